The van der Waals surface area contributed by atoms with E-state index >= 15 is 0 Å². The first-order valence-corrected chi connectivity index (χ1v) is 6.69. The lowest BCUT2D eigenvalue weighted by Gasteiger charge is -2.05. The number of amides is 1. The molecule has 5 nitrogen and oxygen atoms in total. The molecule has 4 N–H and O–H groups in total. The van der Waals surface area contributed by atoms with E-state index in [1.165, 1.54) is 11.3 Å². The van der Waals surface area contributed by atoms with Gasteiger partial charge in [-0.25, -0.2) is 0 Å². The number of hydrogen-bond acceptors (Lipinski definition) is 5. The fraction of sp³-hybridized carbons (Fsp3) is 0.231. The Kier molecular flexibility index (Phi) is 4.01. The highest BCUT2D eigenvalue weighted by Gasteiger charge is 2.12. The number of pyridine rings is 1. The minimum atomic E-state index is -0.162. The molecule has 0 bridgehead atoms. The standard InChI is InChI=1S/C13H16N4OS/c1-8-4-3-5-16-10(8)7-17-11-6-9(14)12(19-11)13(18)15-2/h3-6,17H,7,14H2,1-2H3,(H,15,18). The van der Waals surface area contributed by atoms with E-state index in [4.69, 9.17) is 5.73 Å². The number of carbonyl (C=O) groups is 1. The normalized spacial score (nSPS) is 10.2. The van der Waals surface area contributed by atoms with Crippen LogP contribution in [0.25, 0.3) is 0 Å². The molecule has 2 aromatic heterocycles. The van der Waals surface area contributed by atoms with Gasteiger partial charge in [-0.3, -0.25) is 9.78 Å². The summed E-state index contributed by atoms with van der Waals surface area (Å²) in [6.07, 6.45) is 1.77. The van der Waals surface area contributed by atoms with Crippen LogP contribution in [0.3, 0.4) is 0 Å². The van der Waals surface area contributed by atoms with E-state index < -0.39 is 0 Å². The molecule has 19 heavy (non-hydrogen) atoms. The zero-order chi connectivity index (χ0) is 13.8. The van der Waals surface area contributed by atoms with Crippen molar-refractivity contribution in [1.29, 1.82) is 0 Å². The number of aryl methyl sites for hydroxylation is 1. The Morgan fingerprint density at radius 2 is 2.32 bits per heavy atom. The zero-order valence-electron chi connectivity index (χ0n) is 10.9. The van der Waals surface area contributed by atoms with Crippen molar-refractivity contribution in [2.75, 3.05) is 18.1 Å². The largest absolute Gasteiger partial charge is 0.397 e. The van der Waals surface area contributed by atoms with Gasteiger partial charge in [-0.05, 0) is 24.6 Å². The molecule has 100 valence electrons. The van der Waals surface area contributed by atoms with E-state index in [2.05, 4.69) is 15.6 Å². The number of nitrogens with zero attached hydrogens (tertiary/aromatic N) is 1. The van der Waals surface area contributed by atoms with E-state index in [0.29, 0.717) is 17.1 Å². The van der Waals surface area contributed by atoms with Gasteiger partial charge >= 0.3 is 0 Å². The van der Waals surface area contributed by atoms with E-state index in [0.717, 1.165) is 16.3 Å². The summed E-state index contributed by atoms with van der Waals surface area (Å²) in [6.45, 7) is 2.63. The fourth-order valence-electron chi connectivity index (χ4n) is 1.66. The predicted molar refractivity (Wildman–Crippen MR) is 78.4 cm³/mol. The number of thiophene rings is 1. The lowest BCUT2D eigenvalue weighted by atomic mass is 10.2. The summed E-state index contributed by atoms with van der Waals surface area (Å²) >= 11 is 1.34. The molecule has 0 aliphatic carbocycles. The molecule has 0 spiro atoms. The molecule has 1 amide bonds. The van der Waals surface area contributed by atoms with Crippen molar-refractivity contribution in [1.82, 2.24) is 10.3 Å². The predicted octanol–water partition coefficient (Wildman–Crippen LogP) is 2.01. The van der Waals surface area contributed by atoms with Gasteiger partial charge in [0.2, 0.25) is 0 Å². The van der Waals surface area contributed by atoms with Gasteiger partial charge in [0.15, 0.2) is 0 Å². The first kappa shape index (κ1) is 13.4. The highest BCUT2D eigenvalue weighted by molar-refractivity contribution is 7.18. The van der Waals surface area contributed by atoms with Crippen LogP contribution in [0.1, 0.15) is 20.9 Å². The van der Waals surface area contributed by atoms with Crippen LogP contribution < -0.4 is 16.4 Å². The van der Waals surface area contributed by atoms with Gasteiger partial charge in [-0.1, -0.05) is 6.07 Å². The highest BCUT2D eigenvalue weighted by atomic mass is 32.1. The van der Waals surface area contributed by atoms with Gasteiger partial charge in [-0.2, -0.15) is 0 Å². The third-order valence-electron chi connectivity index (χ3n) is 2.74. The zero-order valence-corrected chi connectivity index (χ0v) is 11.7. The Morgan fingerprint density at radius 3 is 3.00 bits per heavy atom. The Labute approximate surface area is 115 Å². The number of anilines is 2. The van der Waals surface area contributed by atoms with E-state index in [1.807, 2.05) is 19.1 Å². The SMILES string of the molecule is CNC(=O)c1sc(NCc2ncccc2C)cc1N. The molecule has 0 saturated carbocycles. The first-order chi connectivity index (χ1) is 9.11. The smallest absolute Gasteiger partial charge is 0.263 e. The van der Waals surface area contributed by atoms with Crippen LogP contribution in [0.5, 0.6) is 0 Å². The van der Waals surface area contributed by atoms with Crippen molar-refractivity contribution in [2.45, 2.75) is 13.5 Å². The topological polar surface area (TPSA) is 80.0 Å². The van der Waals surface area contributed by atoms with Crippen molar-refractivity contribution in [3.05, 3.63) is 40.5 Å². The summed E-state index contributed by atoms with van der Waals surface area (Å²) in [6, 6.07) is 5.70. The molecule has 0 atom stereocenters. The molecule has 0 unspecified atom stereocenters. The van der Waals surface area contributed by atoms with Crippen LogP contribution in [0.4, 0.5) is 10.7 Å². The summed E-state index contributed by atoms with van der Waals surface area (Å²) in [5.74, 6) is -0.162. The maximum absolute atomic E-state index is 11.6. The van der Waals surface area contributed by atoms with Gasteiger partial charge < -0.3 is 16.4 Å². The van der Waals surface area contributed by atoms with Crippen LogP contribution in [-0.2, 0) is 6.54 Å². The van der Waals surface area contributed by atoms with Gasteiger partial charge in [-0.15, -0.1) is 11.3 Å². The lowest BCUT2D eigenvalue weighted by molar-refractivity contribution is 0.0968. The molecule has 2 aromatic rings. The maximum Gasteiger partial charge on any atom is 0.263 e. The fourth-order valence-corrected chi connectivity index (χ4v) is 2.58. The average Bonchev–Trinajstić information content (AvgIpc) is 2.78. The van der Waals surface area contributed by atoms with Crippen LogP contribution in [-0.4, -0.2) is 17.9 Å². The van der Waals surface area contributed by atoms with Crippen molar-refractivity contribution >= 4 is 27.9 Å². The Balaban J connectivity index is 2.09. The Bertz CT molecular complexity index is 594. The number of aromatic nitrogens is 1. The molecule has 0 aliphatic rings. The van der Waals surface area contributed by atoms with Crippen LogP contribution in [0.15, 0.2) is 24.4 Å². The molecule has 0 aliphatic heterocycles. The van der Waals surface area contributed by atoms with Crippen LogP contribution >= 0.6 is 11.3 Å². The first-order valence-electron chi connectivity index (χ1n) is 5.87. The summed E-state index contributed by atoms with van der Waals surface area (Å²) in [7, 11) is 1.59. The van der Waals surface area contributed by atoms with Crippen molar-refractivity contribution in [2.24, 2.45) is 0 Å². The van der Waals surface area contributed by atoms with E-state index in [9.17, 15) is 4.79 Å². The summed E-state index contributed by atoms with van der Waals surface area (Å²) in [5, 5.41) is 6.67. The molecular weight excluding hydrogens is 260 g/mol. The number of hydrogen-bond donors (Lipinski definition) is 3. The van der Waals surface area contributed by atoms with Gasteiger partial charge in [0.1, 0.15) is 4.88 Å². The van der Waals surface area contributed by atoms with E-state index in [-0.39, 0.29) is 5.91 Å². The molecule has 6 heteroatoms. The second kappa shape index (κ2) is 5.71. The third kappa shape index (κ3) is 3.03. The number of nitrogens with one attached hydrogen (secondary N) is 2. The van der Waals surface area contributed by atoms with Gasteiger partial charge in [0.05, 0.1) is 22.9 Å². The Morgan fingerprint density at radius 1 is 1.53 bits per heavy atom. The van der Waals surface area contributed by atoms with Crippen molar-refractivity contribution in [3.8, 4) is 0 Å². The molecule has 0 radical (unpaired) electrons. The lowest BCUT2D eigenvalue weighted by Crippen LogP contribution is -2.17. The van der Waals surface area contributed by atoms with Crippen molar-refractivity contribution < 1.29 is 4.79 Å². The number of carbonyl (C=O) groups excluding carboxylic acids is 1. The molecular formula is C13H16N4OS. The minimum Gasteiger partial charge on any atom is -0.397 e. The summed E-state index contributed by atoms with van der Waals surface area (Å²) < 4.78 is 0. The Hall–Kier alpha value is -2.08. The second-order valence-electron chi connectivity index (χ2n) is 4.09. The van der Waals surface area contributed by atoms with Gasteiger partial charge in [0, 0.05) is 13.2 Å². The van der Waals surface area contributed by atoms with Crippen LogP contribution in [0.2, 0.25) is 0 Å². The quantitative estimate of drug-likeness (QED) is 0.798. The maximum atomic E-state index is 11.6. The highest BCUT2D eigenvalue weighted by Crippen LogP contribution is 2.29. The second-order valence-corrected chi connectivity index (χ2v) is 5.15. The van der Waals surface area contributed by atoms with E-state index in [1.54, 1.807) is 19.3 Å². The van der Waals surface area contributed by atoms with Crippen molar-refractivity contribution in [3.63, 3.8) is 0 Å². The minimum absolute atomic E-state index is 0.162. The average molecular weight is 276 g/mol. The monoisotopic (exact) mass is 276 g/mol. The molecule has 0 aromatic carbocycles. The third-order valence-corrected chi connectivity index (χ3v) is 3.85. The summed E-state index contributed by atoms with van der Waals surface area (Å²) in [4.78, 5) is 16.4. The molecule has 2 heterocycles. The van der Waals surface area contributed by atoms with Gasteiger partial charge in [0.25, 0.3) is 5.91 Å². The summed E-state index contributed by atoms with van der Waals surface area (Å²) in [5.41, 5.74) is 8.41. The van der Waals surface area contributed by atoms with Crippen LogP contribution in [0, 0.1) is 6.92 Å². The number of rotatable bonds is 4. The number of nitrogens with two attached hydrogens (primary N) is 1. The number of nitrogen functional groups attached to an aromatic ring is 1. The molecule has 0 saturated heterocycles. The molecule has 2 rings (SSSR count). The molecule has 0 fully saturated rings.